The fourth-order valence-corrected chi connectivity index (χ4v) is 3.91. The second-order valence-electron chi connectivity index (χ2n) is 7.20. The van der Waals surface area contributed by atoms with Gasteiger partial charge in [0.15, 0.2) is 5.82 Å². The lowest BCUT2D eigenvalue weighted by Gasteiger charge is -2.12. The van der Waals surface area contributed by atoms with Gasteiger partial charge in [0, 0.05) is 23.6 Å². The van der Waals surface area contributed by atoms with E-state index in [4.69, 9.17) is 0 Å². The number of anilines is 1. The van der Waals surface area contributed by atoms with Crippen LogP contribution in [0.15, 0.2) is 72.1 Å². The van der Waals surface area contributed by atoms with Crippen molar-refractivity contribution in [3.05, 3.63) is 83.7 Å². The molecule has 0 atom stereocenters. The average molecular weight is 418 g/mol. The van der Waals surface area contributed by atoms with E-state index in [1.807, 2.05) is 84.1 Å². The first-order valence-electron chi connectivity index (χ1n) is 9.67. The van der Waals surface area contributed by atoms with Crippen LogP contribution in [0.4, 0.5) is 5.69 Å². The lowest BCUT2D eigenvalue weighted by Crippen LogP contribution is -2.16. The van der Waals surface area contributed by atoms with Crippen LogP contribution in [0.1, 0.15) is 16.7 Å². The summed E-state index contributed by atoms with van der Waals surface area (Å²) in [6.07, 6.45) is 3.86. The highest BCUT2D eigenvalue weighted by molar-refractivity contribution is 7.99. The lowest BCUT2D eigenvalue weighted by atomic mass is 10.1. The zero-order valence-electron chi connectivity index (χ0n) is 17.2. The van der Waals surface area contributed by atoms with Crippen molar-refractivity contribution in [3.63, 3.8) is 0 Å². The second kappa shape index (κ2) is 8.59. The molecular formula is C23H23N5OS. The van der Waals surface area contributed by atoms with Crippen molar-refractivity contribution in [2.45, 2.75) is 25.9 Å². The Labute approximate surface area is 179 Å². The van der Waals surface area contributed by atoms with Gasteiger partial charge in [-0.25, -0.2) is 4.68 Å². The maximum atomic E-state index is 12.5. The summed E-state index contributed by atoms with van der Waals surface area (Å²) in [7, 11) is 0. The van der Waals surface area contributed by atoms with Crippen LogP contribution in [-0.4, -0.2) is 31.2 Å². The molecular weight excluding hydrogens is 394 g/mol. The van der Waals surface area contributed by atoms with Crippen LogP contribution in [0.25, 0.3) is 11.4 Å². The highest BCUT2D eigenvalue weighted by Gasteiger charge is 2.17. The molecule has 0 radical (unpaired) electrons. The Morgan fingerprint density at radius 2 is 1.67 bits per heavy atom. The third-order valence-electron chi connectivity index (χ3n) is 4.73. The van der Waals surface area contributed by atoms with E-state index in [-0.39, 0.29) is 11.7 Å². The highest BCUT2D eigenvalue weighted by atomic mass is 32.2. The molecule has 2 aromatic heterocycles. The van der Waals surface area contributed by atoms with E-state index >= 15 is 0 Å². The average Bonchev–Trinajstić information content (AvgIpc) is 3.38. The molecule has 0 fully saturated rings. The molecule has 2 heterocycles. The van der Waals surface area contributed by atoms with E-state index in [1.54, 1.807) is 0 Å². The first-order chi connectivity index (χ1) is 14.5. The third-order valence-corrected chi connectivity index (χ3v) is 5.65. The molecule has 1 N–H and O–H groups in total. The van der Waals surface area contributed by atoms with Crippen molar-refractivity contribution in [2.24, 2.45) is 0 Å². The van der Waals surface area contributed by atoms with Crippen molar-refractivity contribution in [1.82, 2.24) is 19.5 Å². The van der Waals surface area contributed by atoms with E-state index in [0.29, 0.717) is 5.16 Å². The van der Waals surface area contributed by atoms with Crippen LogP contribution in [0.2, 0.25) is 0 Å². The van der Waals surface area contributed by atoms with E-state index in [2.05, 4.69) is 28.5 Å². The maximum Gasteiger partial charge on any atom is 0.234 e. The number of hydrogen-bond acceptors (Lipinski definition) is 4. The van der Waals surface area contributed by atoms with Gasteiger partial charge in [-0.1, -0.05) is 59.3 Å². The summed E-state index contributed by atoms with van der Waals surface area (Å²) in [6.45, 7) is 6.08. The largest absolute Gasteiger partial charge is 0.325 e. The Hall–Kier alpha value is -3.32. The standard InChI is InChI=1S/C23H23N5OS/c1-16-6-9-19(10-7-16)22-25-26-23(28(22)27-12-4-5-13-27)30-15-21(29)24-20-11-8-17(2)14-18(20)3/h4-14H,15H2,1-3H3,(H,24,29). The van der Waals surface area contributed by atoms with Crippen molar-refractivity contribution >= 4 is 23.4 Å². The van der Waals surface area contributed by atoms with Crippen LogP contribution < -0.4 is 5.32 Å². The zero-order valence-corrected chi connectivity index (χ0v) is 18.0. The summed E-state index contributed by atoms with van der Waals surface area (Å²) in [5.41, 5.74) is 5.20. The second-order valence-corrected chi connectivity index (χ2v) is 8.14. The summed E-state index contributed by atoms with van der Waals surface area (Å²) in [4.78, 5) is 12.5. The quantitative estimate of drug-likeness (QED) is 0.461. The van der Waals surface area contributed by atoms with Crippen molar-refractivity contribution in [3.8, 4) is 11.4 Å². The van der Waals surface area contributed by atoms with Gasteiger partial charge >= 0.3 is 0 Å². The Kier molecular flexibility index (Phi) is 5.72. The molecule has 0 spiro atoms. The Balaban J connectivity index is 1.55. The number of rotatable bonds is 6. The monoisotopic (exact) mass is 417 g/mol. The predicted molar refractivity (Wildman–Crippen MR) is 121 cm³/mol. The number of nitrogens with one attached hydrogen (secondary N) is 1. The molecule has 0 bridgehead atoms. The number of nitrogens with zero attached hydrogens (tertiary/aromatic N) is 4. The number of carbonyl (C=O) groups excluding carboxylic acids is 1. The Morgan fingerprint density at radius 3 is 2.37 bits per heavy atom. The molecule has 0 aliphatic carbocycles. The smallest absolute Gasteiger partial charge is 0.234 e. The molecule has 1 amide bonds. The molecule has 0 unspecified atom stereocenters. The highest BCUT2D eigenvalue weighted by Crippen LogP contribution is 2.25. The Bertz CT molecular complexity index is 1160. The first-order valence-corrected chi connectivity index (χ1v) is 10.7. The van der Waals surface area contributed by atoms with Crippen LogP contribution in [-0.2, 0) is 4.79 Å². The molecule has 0 aliphatic heterocycles. The molecule has 2 aromatic carbocycles. The number of carbonyl (C=O) groups is 1. The molecule has 7 heteroatoms. The topological polar surface area (TPSA) is 64.7 Å². The van der Waals surface area contributed by atoms with E-state index < -0.39 is 0 Å². The molecule has 4 rings (SSSR count). The molecule has 6 nitrogen and oxygen atoms in total. The van der Waals surface area contributed by atoms with Gasteiger partial charge in [0.05, 0.1) is 5.75 Å². The van der Waals surface area contributed by atoms with Crippen LogP contribution >= 0.6 is 11.8 Å². The minimum absolute atomic E-state index is 0.0779. The summed E-state index contributed by atoms with van der Waals surface area (Å²) < 4.78 is 3.83. The fourth-order valence-electron chi connectivity index (χ4n) is 3.18. The summed E-state index contributed by atoms with van der Waals surface area (Å²) in [6, 6.07) is 18.0. The zero-order chi connectivity index (χ0) is 21.1. The number of aryl methyl sites for hydroxylation is 3. The van der Waals surface area contributed by atoms with E-state index in [0.717, 1.165) is 22.6 Å². The molecule has 0 saturated heterocycles. The molecule has 0 saturated carbocycles. The van der Waals surface area contributed by atoms with Gasteiger partial charge in [0.2, 0.25) is 11.1 Å². The SMILES string of the molecule is Cc1ccc(-c2nnc(SCC(=O)Nc3ccc(C)cc3C)n2-n2cccc2)cc1. The van der Waals surface area contributed by atoms with Crippen LogP contribution in [0.5, 0.6) is 0 Å². The van der Waals surface area contributed by atoms with Gasteiger partial charge in [-0.3, -0.25) is 9.47 Å². The van der Waals surface area contributed by atoms with Crippen molar-refractivity contribution in [1.29, 1.82) is 0 Å². The number of thioether (sulfide) groups is 1. The molecule has 30 heavy (non-hydrogen) atoms. The number of amides is 1. The van der Waals surface area contributed by atoms with Crippen LogP contribution in [0.3, 0.4) is 0 Å². The fraction of sp³-hybridized carbons (Fsp3) is 0.174. The van der Waals surface area contributed by atoms with Gasteiger partial charge in [-0.05, 0) is 44.5 Å². The van der Waals surface area contributed by atoms with Gasteiger partial charge in [0.25, 0.3) is 0 Å². The molecule has 4 aromatic rings. The maximum absolute atomic E-state index is 12.5. The molecule has 0 aliphatic rings. The minimum atomic E-state index is -0.0779. The summed E-state index contributed by atoms with van der Waals surface area (Å²) in [5, 5.41) is 12.4. The number of benzene rings is 2. The van der Waals surface area contributed by atoms with Gasteiger partial charge in [-0.2, -0.15) is 0 Å². The minimum Gasteiger partial charge on any atom is -0.325 e. The van der Waals surface area contributed by atoms with Crippen molar-refractivity contribution in [2.75, 3.05) is 11.1 Å². The molecule has 152 valence electrons. The number of aromatic nitrogens is 4. The first kappa shape index (κ1) is 20.0. The van der Waals surface area contributed by atoms with Gasteiger partial charge < -0.3 is 5.32 Å². The summed E-state index contributed by atoms with van der Waals surface area (Å²) in [5.74, 6) is 0.884. The normalized spacial score (nSPS) is 10.9. The predicted octanol–water partition coefficient (Wildman–Crippen LogP) is 4.71. The van der Waals surface area contributed by atoms with E-state index in [9.17, 15) is 4.79 Å². The lowest BCUT2D eigenvalue weighted by molar-refractivity contribution is -0.113. The van der Waals surface area contributed by atoms with Gasteiger partial charge in [-0.15, -0.1) is 10.2 Å². The van der Waals surface area contributed by atoms with Crippen LogP contribution in [0, 0.1) is 20.8 Å². The number of hydrogen-bond donors (Lipinski definition) is 1. The van der Waals surface area contributed by atoms with E-state index in [1.165, 1.54) is 22.9 Å². The van der Waals surface area contributed by atoms with Crippen molar-refractivity contribution < 1.29 is 4.79 Å². The Morgan fingerprint density at radius 1 is 0.967 bits per heavy atom. The summed E-state index contributed by atoms with van der Waals surface area (Å²) >= 11 is 1.36. The third kappa shape index (κ3) is 4.31. The van der Waals surface area contributed by atoms with Gasteiger partial charge in [0.1, 0.15) is 0 Å².